The average Bonchev–Trinajstić information content (AvgIpc) is 2.53. The number of nitrogens with zero attached hydrogens (tertiary/aromatic N) is 1. The molecule has 0 aromatic heterocycles. The number of hydrogen-bond donors (Lipinski definition) is 1. The van der Waals surface area contributed by atoms with Crippen LogP contribution in [-0.4, -0.2) is 41.4 Å². The van der Waals surface area contributed by atoms with Gasteiger partial charge in [0.15, 0.2) is 0 Å². The molecule has 20 heavy (non-hydrogen) atoms. The van der Waals surface area contributed by atoms with Crippen molar-refractivity contribution in [3.8, 4) is 0 Å². The SMILES string of the molecule is O=C(CSC1CCNCC1)N1CCc2ccccc2C1. The quantitative estimate of drug-likeness (QED) is 0.925. The molecule has 2 aliphatic heterocycles. The summed E-state index contributed by atoms with van der Waals surface area (Å²) < 4.78 is 0. The second kappa shape index (κ2) is 6.64. The number of carbonyl (C=O) groups excluding carboxylic acids is 1. The standard InChI is InChI=1S/C16H22N2OS/c19-16(12-20-15-5-8-17-9-6-15)18-10-7-13-3-1-2-4-14(13)11-18/h1-4,15,17H,5-12H2. The van der Waals surface area contributed by atoms with E-state index in [1.165, 1.54) is 24.0 Å². The Labute approximate surface area is 125 Å². The fourth-order valence-corrected chi connectivity index (χ4v) is 4.08. The van der Waals surface area contributed by atoms with Crippen LogP contribution in [0, 0.1) is 0 Å². The summed E-state index contributed by atoms with van der Waals surface area (Å²) >= 11 is 1.85. The van der Waals surface area contributed by atoms with Gasteiger partial charge in [0.1, 0.15) is 0 Å². The second-order valence-corrected chi connectivity index (χ2v) is 6.88. The van der Waals surface area contributed by atoms with Gasteiger partial charge in [-0.3, -0.25) is 4.79 Å². The highest BCUT2D eigenvalue weighted by Gasteiger charge is 2.22. The highest BCUT2D eigenvalue weighted by molar-refractivity contribution is 8.00. The topological polar surface area (TPSA) is 32.3 Å². The van der Waals surface area contributed by atoms with Gasteiger partial charge in [-0.2, -0.15) is 0 Å². The van der Waals surface area contributed by atoms with Crippen molar-refractivity contribution in [2.45, 2.75) is 31.1 Å². The highest BCUT2D eigenvalue weighted by Crippen LogP contribution is 2.23. The summed E-state index contributed by atoms with van der Waals surface area (Å²) in [6.45, 7) is 3.87. The van der Waals surface area contributed by atoms with Gasteiger partial charge in [0.05, 0.1) is 5.75 Å². The van der Waals surface area contributed by atoms with Crippen molar-refractivity contribution in [2.24, 2.45) is 0 Å². The van der Waals surface area contributed by atoms with Crippen molar-refractivity contribution in [2.75, 3.05) is 25.4 Å². The maximum absolute atomic E-state index is 12.3. The summed E-state index contributed by atoms with van der Waals surface area (Å²) in [7, 11) is 0. The van der Waals surface area contributed by atoms with Gasteiger partial charge in [0, 0.05) is 18.3 Å². The fraction of sp³-hybridized carbons (Fsp3) is 0.562. The molecule has 1 aromatic carbocycles. The van der Waals surface area contributed by atoms with E-state index in [0.717, 1.165) is 32.6 Å². The first-order valence-electron chi connectivity index (χ1n) is 7.50. The molecule has 1 amide bonds. The Balaban J connectivity index is 1.51. The van der Waals surface area contributed by atoms with Crippen LogP contribution in [0.1, 0.15) is 24.0 Å². The minimum Gasteiger partial charge on any atom is -0.337 e. The van der Waals surface area contributed by atoms with Gasteiger partial charge in [0.25, 0.3) is 0 Å². The lowest BCUT2D eigenvalue weighted by molar-refractivity contribution is -0.129. The lowest BCUT2D eigenvalue weighted by Gasteiger charge is -2.29. The summed E-state index contributed by atoms with van der Waals surface area (Å²) in [4.78, 5) is 14.4. The molecule has 1 saturated heterocycles. The van der Waals surface area contributed by atoms with E-state index in [0.29, 0.717) is 16.9 Å². The molecule has 2 aliphatic rings. The molecular weight excluding hydrogens is 268 g/mol. The number of amides is 1. The zero-order valence-corrected chi connectivity index (χ0v) is 12.6. The lowest BCUT2D eigenvalue weighted by atomic mass is 10.00. The fourth-order valence-electron chi connectivity index (χ4n) is 2.95. The Morgan fingerprint density at radius 1 is 1.25 bits per heavy atom. The van der Waals surface area contributed by atoms with Crippen LogP contribution in [0.2, 0.25) is 0 Å². The van der Waals surface area contributed by atoms with Gasteiger partial charge in [0.2, 0.25) is 5.91 Å². The van der Waals surface area contributed by atoms with Gasteiger partial charge < -0.3 is 10.2 Å². The third kappa shape index (κ3) is 3.36. The lowest BCUT2D eigenvalue weighted by Crippen LogP contribution is -2.38. The van der Waals surface area contributed by atoms with Crippen LogP contribution in [0.4, 0.5) is 0 Å². The maximum Gasteiger partial charge on any atom is 0.232 e. The first kappa shape index (κ1) is 14.0. The number of piperidine rings is 1. The van der Waals surface area contributed by atoms with E-state index in [9.17, 15) is 4.79 Å². The van der Waals surface area contributed by atoms with Crippen molar-refractivity contribution >= 4 is 17.7 Å². The number of carbonyl (C=O) groups is 1. The summed E-state index contributed by atoms with van der Waals surface area (Å²) in [5.74, 6) is 0.954. The predicted molar refractivity (Wildman–Crippen MR) is 83.9 cm³/mol. The van der Waals surface area contributed by atoms with Crippen LogP contribution in [0.25, 0.3) is 0 Å². The number of benzene rings is 1. The van der Waals surface area contributed by atoms with E-state index >= 15 is 0 Å². The van der Waals surface area contributed by atoms with Crippen LogP contribution in [-0.2, 0) is 17.8 Å². The number of thioether (sulfide) groups is 1. The Morgan fingerprint density at radius 2 is 2.00 bits per heavy atom. The molecular formula is C16H22N2OS. The van der Waals surface area contributed by atoms with E-state index < -0.39 is 0 Å². The first-order valence-corrected chi connectivity index (χ1v) is 8.54. The van der Waals surface area contributed by atoms with Crippen molar-refractivity contribution in [1.82, 2.24) is 10.2 Å². The van der Waals surface area contributed by atoms with Crippen molar-refractivity contribution in [3.63, 3.8) is 0 Å². The normalized spacial score (nSPS) is 19.7. The maximum atomic E-state index is 12.3. The summed E-state index contributed by atoms with van der Waals surface area (Å²) in [6.07, 6.45) is 3.39. The monoisotopic (exact) mass is 290 g/mol. The number of hydrogen-bond acceptors (Lipinski definition) is 3. The van der Waals surface area contributed by atoms with E-state index in [-0.39, 0.29) is 0 Å². The van der Waals surface area contributed by atoms with Gasteiger partial charge >= 0.3 is 0 Å². The van der Waals surface area contributed by atoms with Crippen LogP contribution in [0.3, 0.4) is 0 Å². The number of nitrogens with one attached hydrogen (secondary N) is 1. The third-order valence-corrected chi connectivity index (χ3v) is 5.57. The molecule has 2 heterocycles. The van der Waals surface area contributed by atoms with Gasteiger partial charge in [-0.25, -0.2) is 0 Å². The minimum absolute atomic E-state index is 0.308. The Kier molecular flexibility index (Phi) is 4.63. The van der Waals surface area contributed by atoms with Crippen LogP contribution < -0.4 is 5.32 Å². The van der Waals surface area contributed by atoms with Crippen LogP contribution in [0.5, 0.6) is 0 Å². The summed E-state index contributed by atoms with van der Waals surface area (Å²) in [5.41, 5.74) is 2.72. The average molecular weight is 290 g/mol. The van der Waals surface area contributed by atoms with E-state index in [1.54, 1.807) is 0 Å². The zero-order valence-electron chi connectivity index (χ0n) is 11.8. The molecule has 3 rings (SSSR count). The molecule has 1 N–H and O–H groups in total. The van der Waals surface area contributed by atoms with Crippen molar-refractivity contribution in [3.05, 3.63) is 35.4 Å². The smallest absolute Gasteiger partial charge is 0.232 e. The molecule has 1 fully saturated rings. The molecule has 108 valence electrons. The second-order valence-electron chi connectivity index (χ2n) is 5.59. The van der Waals surface area contributed by atoms with Gasteiger partial charge in [-0.05, 0) is 43.5 Å². The predicted octanol–water partition coefficient (Wildman–Crippen LogP) is 2.06. The highest BCUT2D eigenvalue weighted by atomic mass is 32.2. The molecule has 0 aliphatic carbocycles. The number of fused-ring (bicyclic) bond motifs is 1. The van der Waals surface area contributed by atoms with Crippen molar-refractivity contribution in [1.29, 1.82) is 0 Å². The third-order valence-electron chi connectivity index (χ3n) is 4.21. The Bertz CT molecular complexity index is 471. The van der Waals surface area contributed by atoms with E-state index in [4.69, 9.17) is 0 Å². The molecule has 0 unspecified atom stereocenters. The molecule has 3 nitrogen and oxygen atoms in total. The Hall–Kier alpha value is -1.00. The van der Waals surface area contributed by atoms with Crippen LogP contribution in [0.15, 0.2) is 24.3 Å². The molecule has 0 saturated carbocycles. The van der Waals surface area contributed by atoms with Crippen LogP contribution >= 0.6 is 11.8 Å². The molecule has 0 radical (unpaired) electrons. The summed E-state index contributed by atoms with van der Waals surface area (Å²) in [6, 6.07) is 8.48. The number of rotatable bonds is 3. The van der Waals surface area contributed by atoms with Gasteiger partial charge in [-0.15, -0.1) is 11.8 Å². The van der Waals surface area contributed by atoms with E-state index in [2.05, 4.69) is 29.6 Å². The minimum atomic E-state index is 0.308. The molecule has 0 bridgehead atoms. The van der Waals surface area contributed by atoms with Gasteiger partial charge in [-0.1, -0.05) is 24.3 Å². The molecule has 4 heteroatoms. The largest absolute Gasteiger partial charge is 0.337 e. The first-order chi connectivity index (χ1) is 9.83. The Morgan fingerprint density at radius 3 is 2.80 bits per heavy atom. The molecule has 0 spiro atoms. The molecule has 1 aromatic rings. The van der Waals surface area contributed by atoms with Crippen molar-refractivity contribution < 1.29 is 4.79 Å². The van der Waals surface area contributed by atoms with E-state index in [1.807, 2.05) is 16.7 Å². The molecule has 0 atom stereocenters. The summed E-state index contributed by atoms with van der Waals surface area (Å²) in [5, 5.41) is 4.03. The zero-order chi connectivity index (χ0) is 13.8.